The van der Waals surface area contributed by atoms with E-state index in [0.717, 1.165) is 38.1 Å². The van der Waals surface area contributed by atoms with Crippen LogP contribution in [0.5, 0.6) is 5.75 Å². The van der Waals surface area contributed by atoms with Crippen molar-refractivity contribution in [1.82, 2.24) is 4.90 Å². The van der Waals surface area contributed by atoms with Crippen LogP contribution in [0.15, 0.2) is 30.3 Å². The van der Waals surface area contributed by atoms with Gasteiger partial charge in [0.15, 0.2) is 0 Å². The first-order valence-corrected chi connectivity index (χ1v) is 7.80. The van der Waals surface area contributed by atoms with E-state index in [1.54, 1.807) is 0 Å². The van der Waals surface area contributed by atoms with E-state index < -0.39 is 11.4 Å². The summed E-state index contributed by atoms with van der Waals surface area (Å²) in [5, 5.41) is 9.48. The maximum absolute atomic E-state index is 11.5. The molecule has 1 saturated heterocycles. The fraction of sp³-hybridized carbons (Fsp3) is 0.588. The number of piperidine rings is 1. The van der Waals surface area contributed by atoms with E-state index in [-0.39, 0.29) is 0 Å². The third kappa shape index (κ3) is 4.21. The molecule has 1 aliphatic rings. The van der Waals surface area contributed by atoms with E-state index in [9.17, 15) is 9.90 Å². The Hall–Kier alpha value is -1.55. The van der Waals surface area contributed by atoms with Crippen LogP contribution in [0.1, 0.15) is 32.6 Å². The second kappa shape index (κ2) is 7.46. The molecule has 0 aliphatic carbocycles. The first kappa shape index (κ1) is 15.8. The molecule has 1 heterocycles. The van der Waals surface area contributed by atoms with Crippen LogP contribution in [-0.4, -0.2) is 42.2 Å². The minimum absolute atomic E-state index is 0.543. The molecule has 2 rings (SSSR count). The molecule has 0 amide bonds. The number of nitrogens with zero attached hydrogens (tertiary/aromatic N) is 1. The number of likely N-dealkylation sites (tertiary alicyclic amines) is 1. The van der Waals surface area contributed by atoms with Crippen molar-refractivity contribution < 1.29 is 14.6 Å². The second-order valence-electron chi connectivity index (χ2n) is 5.83. The average molecular weight is 291 g/mol. The van der Waals surface area contributed by atoms with E-state index in [4.69, 9.17) is 4.74 Å². The average Bonchev–Trinajstić information content (AvgIpc) is 2.52. The third-order valence-electron chi connectivity index (χ3n) is 4.42. The standard InChI is InChI=1S/C17H25NO3/c1-2-17(16(19)20)10-6-11-18(14-17)12-7-13-21-15-8-4-3-5-9-15/h3-5,8-9H,2,6-7,10-14H2,1H3,(H,19,20). The summed E-state index contributed by atoms with van der Waals surface area (Å²) in [4.78, 5) is 13.8. The van der Waals surface area contributed by atoms with Crippen molar-refractivity contribution >= 4 is 5.97 Å². The molecule has 0 aromatic heterocycles. The van der Waals surface area contributed by atoms with Gasteiger partial charge in [-0.3, -0.25) is 4.79 Å². The SMILES string of the molecule is CCC1(C(=O)O)CCCN(CCCOc2ccccc2)C1. The summed E-state index contributed by atoms with van der Waals surface area (Å²) in [7, 11) is 0. The highest BCUT2D eigenvalue weighted by molar-refractivity contribution is 5.75. The van der Waals surface area contributed by atoms with Gasteiger partial charge in [-0.15, -0.1) is 0 Å². The van der Waals surface area contributed by atoms with Crippen LogP contribution in [-0.2, 0) is 4.79 Å². The molecule has 0 radical (unpaired) electrons. The summed E-state index contributed by atoms with van der Waals surface area (Å²) in [5.74, 6) is 0.250. The van der Waals surface area contributed by atoms with Crippen LogP contribution in [0.3, 0.4) is 0 Å². The monoisotopic (exact) mass is 291 g/mol. The predicted molar refractivity (Wildman–Crippen MR) is 82.6 cm³/mol. The first-order chi connectivity index (χ1) is 10.2. The third-order valence-corrected chi connectivity index (χ3v) is 4.42. The summed E-state index contributed by atoms with van der Waals surface area (Å²) in [5.41, 5.74) is -0.543. The van der Waals surface area contributed by atoms with Gasteiger partial charge < -0.3 is 14.7 Å². The number of hydrogen-bond acceptors (Lipinski definition) is 3. The van der Waals surface area contributed by atoms with Gasteiger partial charge in [-0.1, -0.05) is 25.1 Å². The van der Waals surface area contributed by atoms with Crippen LogP contribution in [0.2, 0.25) is 0 Å². The number of para-hydroxylation sites is 1. The highest BCUT2D eigenvalue weighted by atomic mass is 16.5. The van der Waals surface area contributed by atoms with Gasteiger partial charge in [-0.2, -0.15) is 0 Å². The van der Waals surface area contributed by atoms with E-state index in [1.807, 2.05) is 37.3 Å². The molecule has 1 atom stereocenters. The normalized spacial score (nSPS) is 22.9. The van der Waals surface area contributed by atoms with Crippen molar-refractivity contribution in [3.63, 3.8) is 0 Å². The van der Waals surface area contributed by atoms with Gasteiger partial charge in [0.05, 0.1) is 12.0 Å². The zero-order chi connectivity index (χ0) is 15.1. The zero-order valence-corrected chi connectivity index (χ0v) is 12.8. The molecule has 1 aromatic rings. The lowest BCUT2D eigenvalue weighted by molar-refractivity contribution is -0.152. The Morgan fingerprint density at radius 2 is 2.14 bits per heavy atom. The van der Waals surface area contributed by atoms with Gasteiger partial charge >= 0.3 is 5.97 Å². The number of carbonyl (C=O) groups is 1. The molecule has 116 valence electrons. The van der Waals surface area contributed by atoms with Crippen LogP contribution in [0.25, 0.3) is 0 Å². The largest absolute Gasteiger partial charge is 0.494 e. The number of carboxylic acids is 1. The Morgan fingerprint density at radius 3 is 2.81 bits per heavy atom. The van der Waals surface area contributed by atoms with Crippen molar-refractivity contribution in [2.45, 2.75) is 32.6 Å². The molecule has 0 bridgehead atoms. The minimum Gasteiger partial charge on any atom is -0.494 e. The van der Waals surface area contributed by atoms with Gasteiger partial charge in [-0.25, -0.2) is 0 Å². The Bertz CT molecular complexity index is 449. The molecule has 1 N–H and O–H groups in total. The van der Waals surface area contributed by atoms with E-state index in [1.165, 1.54) is 0 Å². The van der Waals surface area contributed by atoms with Crippen LogP contribution >= 0.6 is 0 Å². The van der Waals surface area contributed by atoms with Crippen molar-refractivity contribution in [2.24, 2.45) is 5.41 Å². The Balaban J connectivity index is 1.74. The molecule has 1 unspecified atom stereocenters. The fourth-order valence-corrected chi connectivity index (χ4v) is 3.03. The van der Waals surface area contributed by atoms with Crippen LogP contribution < -0.4 is 4.74 Å². The maximum Gasteiger partial charge on any atom is 0.310 e. The molecular weight excluding hydrogens is 266 g/mol. The highest BCUT2D eigenvalue weighted by Crippen LogP contribution is 2.33. The van der Waals surface area contributed by atoms with Gasteiger partial charge in [0.25, 0.3) is 0 Å². The van der Waals surface area contributed by atoms with Crippen LogP contribution in [0.4, 0.5) is 0 Å². The number of carboxylic acid groups (broad SMARTS) is 1. The molecular formula is C17H25NO3. The van der Waals surface area contributed by atoms with Crippen molar-refractivity contribution in [3.05, 3.63) is 30.3 Å². The second-order valence-corrected chi connectivity index (χ2v) is 5.83. The van der Waals surface area contributed by atoms with E-state index >= 15 is 0 Å². The van der Waals surface area contributed by atoms with E-state index in [2.05, 4.69) is 4.90 Å². The quantitative estimate of drug-likeness (QED) is 0.785. The number of ether oxygens (including phenoxy) is 1. The zero-order valence-electron chi connectivity index (χ0n) is 12.8. The van der Waals surface area contributed by atoms with Crippen molar-refractivity contribution in [1.29, 1.82) is 0 Å². The number of benzene rings is 1. The molecule has 0 saturated carbocycles. The number of rotatable bonds is 7. The van der Waals surface area contributed by atoms with Gasteiger partial charge in [0.1, 0.15) is 5.75 Å². The van der Waals surface area contributed by atoms with Crippen molar-refractivity contribution in [3.8, 4) is 5.75 Å². The van der Waals surface area contributed by atoms with Crippen molar-refractivity contribution in [2.75, 3.05) is 26.2 Å². The minimum atomic E-state index is -0.643. The van der Waals surface area contributed by atoms with E-state index in [0.29, 0.717) is 19.6 Å². The summed E-state index contributed by atoms with van der Waals surface area (Å²) in [6, 6.07) is 9.79. The fourth-order valence-electron chi connectivity index (χ4n) is 3.03. The topological polar surface area (TPSA) is 49.8 Å². The molecule has 0 spiro atoms. The Morgan fingerprint density at radius 1 is 1.38 bits per heavy atom. The molecule has 4 heteroatoms. The molecule has 21 heavy (non-hydrogen) atoms. The molecule has 1 aromatic carbocycles. The maximum atomic E-state index is 11.5. The summed E-state index contributed by atoms with van der Waals surface area (Å²) in [6.45, 7) is 5.23. The molecule has 1 fully saturated rings. The smallest absolute Gasteiger partial charge is 0.310 e. The summed E-state index contributed by atoms with van der Waals surface area (Å²) in [6.07, 6.45) is 3.41. The molecule has 4 nitrogen and oxygen atoms in total. The Kier molecular flexibility index (Phi) is 5.62. The Labute approximate surface area is 126 Å². The lowest BCUT2D eigenvalue weighted by atomic mass is 9.77. The predicted octanol–water partition coefficient (Wildman–Crippen LogP) is 3.03. The molecule has 1 aliphatic heterocycles. The van der Waals surface area contributed by atoms with Gasteiger partial charge in [0, 0.05) is 13.1 Å². The summed E-state index contributed by atoms with van der Waals surface area (Å²) >= 11 is 0. The summed E-state index contributed by atoms with van der Waals surface area (Å²) < 4.78 is 5.68. The van der Waals surface area contributed by atoms with Gasteiger partial charge in [-0.05, 0) is 44.4 Å². The number of hydrogen-bond donors (Lipinski definition) is 1. The number of aliphatic carboxylic acids is 1. The lowest BCUT2D eigenvalue weighted by Crippen LogP contribution is -2.47. The van der Waals surface area contributed by atoms with Crippen LogP contribution in [0, 0.1) is 5.41 Å². The first-order valence-electron chi connectivity index (χ1n) is 7.80. The highest BCUT2D eigenvalue weighted by Gasteiger charge is 2.40. The van der Waals surface area contributed by atoms with Gasteiger partial charge in [0.2, 0.25) is 0 Å². The lowest BCUT2D eigenvalue weighted by Gasteiger charge is -2.39.